The molecule has 3 fully saturated rings. The number of aromatic nitrogens is 3. The minimum atomic E-state index is -1.80. The number of hydrogen-bond donors (Lipinski definition) is 2. The Morgan fingerprint density at radius 3 is 2.47 bits per heavy atom. The normalized spacial score (nSPS) is 35.4. The molecule has 0 radical (unpaired) electrons. The minimum absolute atomic E-state index is 0.0395. The number of cyclic esters (lactones) is 1. The fraction of sp³-hybridized carbons (Fsp3) is 0.674. The highest BCUT2D eigenvalue weighted by Crippen LogP contribution is 2.40. The summed E-state index contributed by atoms with van der Waals surface area (Å²) in [7, 11) is 3.70. The highest BCUT2D eigenvalue weighted by molar-refractivity contribution is 5.98. The van der Waals surface area contributed by atoms with Crippen molar-refractivity contribution in [2.75, 3.05) is 27.3 Å². The van der Waals surface area contributed by atoms with E-state index in [1.807, 2.05) is 38.9 Å². The van der Waals surface area contributed by atoms with Crippen molar-refractivity contribution in [2.45, 2.75) is 142 Å². The zero-order valence-corrected chi connectivity index (χ0v) is 37.4. The van der Waals surface area contributed by atoms with Crippen molar-refractivity contribution in [3.8, 4) is 5.69 Å². The van der Waals surface area contributed by atoms with Gasteiger partial charge in [-0.05, 0) is 78.2 Å². The number of ether oxygens (including phenoxy) is 6. The SMILES string of the molecule is CC[C@H]1OC(=O)CC(=O)[C@H](C)[C@@H](O[C@@H]2O[C@H](C)C[C@H](N(C)C)[C@H]2O)[C@@]2(C)C[C@@H](C)C(=NC(C)=O)[C@H](C)[C@H](OC/C(=N\OCc3ccc(-n4cccn4)cn3)CO2)[C@]1(C)OC(N)=O. The molecule has 0 aromatic carbocycles. The summed E-state index contributed by atoms with van der Waals surface area (Å²) in [5.74, 6) is -4.40. The number of fused-ring (bicyclic) bond motifs is 5. The van der Waals surface area contributed by atoms with Crippen molar-refractivity contribution >= 4 is 35.2 Å². The second kappa shape index (κ2) is 20.7. The standard InChI is InChI=1S/C43H63N7O12/c1-11-34-43(8,62-41(44)55)39-27(5)36(47-28(6)51)24(2)19-42(7,57-22-30(21-56-39)48-58-23-29-13-14-31(20-45-29)50-16-12-15-46-50)38(26(4)33(52)18-35(53)60-34)61-40-37(54)32(49(9)10)17-25(3)59-40/h12-16,20,24-27,32,34,37-40,54H,11,17-19,21-23H2,1-10H3,(H2,44,55)/b47-36?,48-30+/t24-,25-,26+,27+,32+,34-,37-,38-,39+,40+,42-,43-/m1/s1. The fourth-order valence-corrected chi connectivity index (χ4v) is 8.94. The number of carbonyl (C=O) groups excluding carboxylic acids is 4. The molecule has 2 aromatic rings. The summed E-state index contributed by atoms with van der Waals surface area (Å²) in [5.41, 5.74) is 4.35. The van der Waals surface area contributed by atoms with Crippen LogP contribution in [-0.4, -0.2) is 141 Å². The molecule has 0 unspecified atom stereocenters. The Balaban J connectivity index is 1.66. The maximum Gasteiger partial charge on any atom is 0.405 e. The first-order valence-electron chi connectivity index (χ1n) is 21.1. The van der Waals surface area contributed by atoms with Gasteiger partial charge in [0.2, 0.25) is 5.91 Å². The second-order valence-electron chi connectivity index (χ2n) is 17.2. The van der Waals surface area contributed by atoms with Crippen LogP contribution in [0.3, 0.4) is 0 Å². The van der Waals surface area contributed by atoms with E-state index in [4.69, 9.17) is 39.0 Å². The second-order valence-corrected chi connectivity index (χ2v) is 17.2. The van der Waals surface area contributed by atoms with Crippen LogP contribution in [0.1, 0.15) is 86.8 Å². The number of nitrogens with zero attached hydrogens (tertiary/aromatic N) is 6. The lowest BCUT2D eigenvalue weighted by atomic mass is 9.74. The van der Waals surface area contributed by atoms with E-state index in [0.29, 0.717) is 17.8 Å². The molecule has 2 bridgehead atoms. The number of aliphatic imine (C=N–C) groups is 1. The van der Waals surface area contributed by atoms with Crippen LogP contribution in [0.5, 0.6) is 0 Å². The number of aliphatic hydroxyl groups is 1. The number of esters is 1. The number of primary amides is 1. The van der Waals surface area contributed by atoms with Gasteiger partial charge in [0.15, 0.2) is 18.5 Å². The van der Waals surface area contributed by atoms with E-state index in [1.165, 1.54) is 13.8 Å². The summed E-state index contributed by atoms with van der Waals surface area (Å²) in [6.45, 7) is 12.9. The molecule has 0 aliphatic carbocycles. The maximum absolute atomic E-state index is 14.3. The largest absolute Gasteiger partial charge is 0.458 e. The number of carbonyl (C=O) groups is 4. The number of aliphatic hydroxyl groups excluding tert-OH is 1. The molecule has 0 saturated carbocycles. The van der Waals surface area contributed by atoms with Gasteiger partial charge in [-0.2, -0.15) is 5.10 Å². The van der Waals surface area contributed by atoms with Crippen LogP contribution in [0.4, 0.5) is 4.79 Å². The first-order chi connectivity index (χ1) is 29.3. The Kier molecular flexibility index (Phi) is 16.1. The average Bonchev–Trinajstić information content (AvgIpc) is 3.74. The van der Waals surface area contributed by atoms with Gasteiger partial charge >= 0.3 is 12.1 Å². The highest BCUT2D eigenvalue weighted by Gasteiger charge is 2.54. The zero-order chi connectivity index (χ0) is 45.5. The Morgan fingerprint density at radius 2 is 1.85 bits per heavy atom. The average molecular weight is 870 g/mol. The summed E-state index contributed by atoms with van der Waals surface area (Å²) in [5, 5.41) is 20.3. The van der Waals surface area contributed by atoms with Gasteiger partial charge in [0.25, 0.3) is 0 Å². The van der Waals surface area contributed by atoms with Gasteiger partial charge in [0, 0.05) is 42.9 Å². The number of nitrogens with two attached hydrogens (primary N) is 1. The molecule has 62 heavy (non-hydrogen) atoms. The number of oxime groups is 1. The first-order valence-corrected chi connectivity index (χ1v) is 21.1. The third kappa shape index (κ3) is 11.5. The molecule has 3 saturated heterocycles. The molecule has 2 aromatic heterocycles. The van der Waals surface area contributed by atoms with Gasteiger partial charge in [-0.3, -0.25) is 19.4 Å². The molecule has 5 rings (SSSR count). The summed E-state index contributed by atoms with van der Waals surface area (Å²) < 4.78 is 40.0. The quantitative estimate of drug-likeness (QED) is 0.208. The lowest BCUT2D eigenvalue weighted by Crippen LogP contribution is -2.60. The van der Waals surface area contributed by atoms with Crippen molar-refractivity contribution in [3.63, 3.8) is 0 Å². The monoisotopic (exact) mass is 869 g/mol. The predicted molar refractivity (Wildman–Crippen MR) is 224 cm³/mol. The number of rotatable bonds is 9. The number of pyridine rings is 1. The van der Waals surface area contributed by atoms with Crippen molar-refractivity contribution in [2.24, 2.45) is 33.6 Å². The molecule has 3 aliphatic heterocycles. The lowest BCUT2D eigenvalue weighted by molar-refractivity contribution is -0.296. The van der Waals surface area contributed by atoms with Crippen molar-refractivity contribution in [3.05, 3.63) is 42.5 Å². The van der Waals surface area contributed by atoms with Crippen molar-refractivity contribution in [1.82, 2.24) is 19.7 Å². The molecular weight excluding hydrogens is 807 g/mol. The third-order valence-corrected chi connectivity index (χ3v) is 12.0. The summed E-state index contributed by atoms with van der Waals surface area (Å²) in [6, 6.07) is 5.07. The summed E-state index contributed by atoms with van der Waals surface area (Å²) in [4.78, 5) is 70.5. The fourth-order valence-electron chi connectivity index (χ4n) is 8.94. The van der Waals surface area contributed by atoms with Crippen LogP contribution in [0.15, 0.2) is 46.9 Å². The van der Waals surface area contributed by atoms with E-state index in [2.05, 4.69) is 20.2 Å². The third-order valence-electron chi connectivity index (χ3n) is 12.0. The molecule has 2 amide bonds. The number of hydrogen-bond acceptors (Lipinski definition) is 16. The number of amides is 2. The number of ketones is 1. The van der Waals surface area contributed by atoms with Gasteiger partial charge in [-0.25, -0.2) is 14.5 Å². The molecular formula is C43H63N7O12. The Morgan fingerprint density at radius 1 is 1.11 bits per heavy atom. The zero-order valence-electron chi connectivity index (χ0n) is 37.4. The van der Waals surface area contributed by atoms with Crippen LogP contribution in [0.25, 0.3) is 5.69 Å². The molecule has 12 atom stereocenters. The molecule has 342 valence electrons. The van der Waals surface area contributed by atoms with E-state index in [0.717, 1.165) is 5.69 Å². The number of Topliss-reactive ketones (excluding diaryl/α,β-unsaturated/α-hetero) is 1. The van der Waals surface area contributed by atoms with Gasteiger partial charge in [0.1, 0.15) is 36.2 Å². The van der Waals surface area contributed by atoms with Crippen LogP contribution < -0.4 is 5.73 Å². The topological polar surface area (TPSA) is 238 Å². The van der Waals surface area contributed by atoms with E-state index >= 15 is 0 Å². The van der Waals surface area contributed by atoms with Gasteiger partial charge in [-0.1, -0.05) is 32.9 Å². The van der Waals surface area contributed by atoms with Crippen LogP contribution in [0.2, 0.25) is 0 Å². The maximum atomic E-state index is 14.3. The smallest absolute Gasteiger partial charge is 0.405 e. The first kappa shape index (κ1) is 48.4. The van der Waals surface area contributed by atoms with E-state index in [9.17, 15) is 24.3 Å². The lowest BCUT2D eigenvalue weighted by Gasteiger charge is -2.47. The van der Waals surface area contributed by atoms with Crippen molar-refractivity contribution < 1.29 is 57.5 Å². The van der Waals surface area contributed by atoms with Gasteiger partial charge in [0.05, 0.1) is 48.6 Å². The Hall–Kier alpha value is -4.66. The Bertz CT molecular complexity index is 1930. The molecule has 0 spiro atoms. The number of likely N-dealkylation sites (N-methyl/N-ethyl adjacent to an activating group) is 1. The van der Waals surface area contributed by atoms with E-state index in [-0.39, 0.29) is 50.5 Å². The van der Waals surface area contributed by atoms with Gasteiger partial charge < -0.3 is 49.0 Å². The molecule has 3 aliphatic rings. The van der Waals surface area contributed by atoms with Crippen LogP contribution in [-0.2, 0) is 54.2 Å². The van der Waals surface area contributed by atoms with Crippen LogP contribution >= 0.6 is 0 Å². The summed E-state index contributed by atoms with van der Waals surface area (Å²) >= 11 is 0. The molecule has 19 heteroatoms. The summed E-state index contributed by atoms with van der Waals surface area (Å²) in [6.07, 6.45) is -2.23. The molecule has 5 heterocycles. The molecule has 3 N–H and O–H groups in total. The minimum Gasteiger partial charge on any atom is -0.458 e. The predicted octanol–water partition coefficient (Wildman–Crippen LogP) is 3.56. The van der Waals surface area contributed by atoms with E-state index in [1.54, 1.807) is 63.1 Å². The Labute approximate surface area is 362 Å². The highest BCUT2D eigenvalue weighted by atomic mass is 16.7. The van der Waals surface area contributed by atoms with Crippen molar-refractivity contribution in [1.29, 1.82) is 0 Å². The van der Waals surface area contributed by atoms with Crippen LogP contribution in [0, 0.1) is 17.8 Å². The molecule has 19 nitrogen and oxygen atoms in total. The van der Waals surface area contributed by atoms with Gasteiger partial charge in [-0.15, -0.1) is 0 Å². The van der Waals surface area contributed by atoms with E-state index < -0.39 is 89.8 Å².